The number of alkyl halides is 3. The normalized spacial score (nSPS) is 28.2. The van der Waals surface area contributed by atoms with Crippen molar-refractivity contribution in [1.29, 1.82) is 0 Å². The van der Waals surface area contributed by atoms with Crippen molar-refractivity contribution in [2.24, 2.45) is 11.8 Å². The largest absolute Gasteiger partial charge is 0.433 e. The van der Waals surface area contributed by atoms with Gasteiger partial charge < -0.3 is 5.32 Å². The van der Waals surface area contributed by atoms with Gasteiger partial charge in [0.1, 0.15) is 5.69 Å². The van der Waals surface area contributed by atoms with Crippen LogP contribution in [0, 0.1) is 11.8 Å². The first-order valence-electron chi connectivity index (χ1n) is 6.64. The van der Waals surface area contributed by atoms with Crippen molar-refractivity contribution in [1.82, 2.24) is 4.98 Å². The predicted octanol–water partition coefficient (Wildman–Crippen LogP) is 4.34. The Kier molecular flexibility index (Phi) is 4.02. The summed E-state index contributed by atoms with van der Waals surface area (Å²) >= 11 is 0. The molecule has 1 aromatic rings. The Labute approximate surface area is 111 Å². The van der Waals surface area contributed by atoms with Crippen LogP contribution in [0.5, 0.6) is 0 Å². The van der Waals surface area contributed by atoms with E-state index in [9.17, 15) is 13.2 Å². The van der Waals surface area contributed by atoms with Crippen LogP contribution in [0.2, 0.25) is 0 Å². The topological polar surface area (TPSA) is 24.9 Å². The SMILES string of the molecule is CC1CC(C)CC(Nc2ccc(C(F)(F)F)nc2)C1. The molecule has 0 radical (unpaired) electrons. The number of anilines is 1. The minimum absolute atomic E-state index is 0.331. The van der Waals surface area contributed by atoms with Crippen LogP contribution in [-0.2, 0) is 6.18 Å². The van der Waals surface area contributed by atoms with E-state index in [0.29, 0.717) is 23.6 Å². The van der Waals surface area contributed by atoms with Crippen LogP contribution in [0.3, 0.4) is 0 Å². The lowest BCUT2D eigenvalue weighted by molar-refractivity contribution is -0.141. The number of aromatic nitrogens is 1. The van der Waals surface area contributed by atoms with Gasteiger partial charge in [0, 0.05) is 6.04 Å². The van der Waals surface area contributed by atoms with Gasteiger partial charge in [-0.25, -0.2) is 4.98 Å². The fourth-order valence-electron chi connectivity index (χ4n) is 2.95. The van der Waals surface area contributed by atoms with E-state index in [1.54, 1.807) is 0 Å². The summed E-state index contributed by atoms with van der Waals surface area (Å²) in [5, 5.41) is 3.29. The lowest BCUT2D eigenvalue weighted by atomic mass is 9.80. The second kappa shape index (κ2) is 5.39. The summed E-state index contributed by atoms with van der Waals surface area (Å²) in [6, 6.07) is 2.81. The van der Waals surface area contributed by atoms with Gasteiger partial charge in [-0.2, -0.15) is 13.2 Å². The van der Waals surface area contributed by atoms with Gasteiger partial charge in [0.15, 0.2) is 0 Å². The van der Waals surface area contributed by atoms with Crippen LogP contribution in [-0.4, -0.2) is 11.0 Å². The van der Waals surface area contributed by atoms with Crippen molar-refractivity contribution >= 4 is 5.69 Å². The molecule has 0 spiro atoms. The molecule has 1 N–H and O–H groups in total. The lowest BCUT2D eigenvalue weighted by Gasteiger charge is -2.32. The van der Waals surface area contributed by atoms with Crippen molar-refractivity contribution < 1.29 is 13.2 Å². The number of nitrogens with zero attached hydrogens (tertiary/aromatic N) is 1. The first-order valence-corrected chi connectivity index (χ1v) is 6.64. The van der Waals surface area contributed by atoms with E-state index >= 15 is 0 Å². The van der Waals surface area contributed by atoms with Gasteiger partial charge in [0.25, 0.3) is 0 Å². The summed E-state index contributed by atoms with van der Waals surface area (Å²) in [6.45, 7) is 4.44. The molecule has 0 saturated heterocycles. The minimum atomic E-state index is -4.37. The van der Waals surface area contributed by atoms with Crippen molar-refractivity contribution in [2.75, 3.05) is 5.32 Å². The molecule has 1 heterocycles. The van der Waals surface area contributed by atoms with Crippen LogP contribution in [0.25, 0.3) is 0 Å². The number of hydrogen-bond acceptors (Lipinski definition) is 2. The zero-order valence-corrected chi connectivity index (χ0v) is 11.2. The maximum absolute atomic E-state index is 12.4. The average Bonchev–Trinajstić information content (AvgIpc) is 2.26. The number of pyridine rings is 1. The van der Waals surface area contributed by atoms with Crippen LogP contribution >= 0.6 is 0 Å². The summed E-state index contributed by atoms with van der Waals surface area (Å²) in [5.74, 6) is 1.31. The predicted molar refractivity (Wildman–Crippen MR) is 68.8 cm³/mol. The summed E-state index contributed by atoms with van der Waals surface area (Å²) in [7, 11) is 0. The highest BCUT2D eigenvalue weighted by Crippen LogP contribution is 2.31. The summed E-state index contributed by atoms with van der Waals surface area (Å²) in [4.78, 5) is 3.47. The Morgan fingerprint density at radius 3 is 2.21 bits per heavy atom. The lowest BCUT2D eigenvalue weighted by Crippen LogP contribution is -2.30. The van der Waals surface area contributed by atoms with Crippen molar-refractivity contribution in [3.05, 3.63) is 24.0 Å². The van der Waals surface area contributed by atoms with E-state index < -0.39 is 11.9 Å². The number of rotatable bonds is 2. The van der Waals surface area contributed by atoms with Crippen LogP contribution < -0.4 is 5.32 Å². The van der Waals surface area contributed by atoms with Crippen molar-refractivity contribution in [3.8, 4) is 0 Å². The van der Waals surface area contributed by atoms with Gasteiger partial charge in [-0.05, 0) is 43.2 Å². The molecule has 2 atom stereocenters. The molecule has 0 aliphatic heterocycles. The first-order chi connectivity index (χ1) is 8.84. The molecule has 0 bridgehead atoms. The maximum atomic E-state index is 12.4. The molecule has 0 aromatic carbocycles. The monoisotopic (exact) mass is 272 g/mol. The van der Waals surface area contributed by atoms with Crippen LogP contribution in [0.1, 0.15) is 38.8 Å². The average molecular weight is 272 g/mol. The highest BCUT2D eigenvalue weighted by molar-refractivity contribution is 5.42. The van der Waals surface area contributed by atoms with Gasteiger partial charge in [-0.1, -0.05) is 13.8 Å². The van der Waals surface area contributed by atoms with E-state index in [-0.39, 0.29) is 0 Å². The molecule has 106 valence electrons. The zero-order valence-electron chi connectivity index (χ0n) is 11.2. The smallest absolute Gasteiger partial charge is 0.381 e. The highest BCUT2D eigenvalue weighted by atomic mass is 19.4. The van der Waals surface area contributed by atoms with Gasteiger partial charge in [0.2, 0.25) is 0 Å². The van der Waals surface area contributed by atoms with Crippen molar-refractivity contribution in [2.45, 2.75) is 45.3 Å². The Hall–Kier alpha value is -1.26. The fourth-order valence-corrected chi connectivity index (χ4v) is 2.95. The minimum Gasteiger partial charge on any atom is -0.381 e. The van der Waals surface area contributed by atoms with E-state index in [2.05, 4.69) is 24.1 Å². The Morgan fingerprint density at radius 1 is 1.11 bits per heavy atom. The molecule has 19 heavy (non-hydrogen) atoms. The molecule has 1 aliphatic rings. The van der Waals surface area contributed by atoms with Gasteiger partial charge in [-0.3, -0.25) is 0 Å². The zero-order chi connectivity index (χ0) is 14.0. The highest BCUT2D eigenvalue weighted by Gasteiger charge is 2.32. The molecular formula is C14H19F3N2. The van der Waals surface area contributed by atoms with E-state index in [4.69, 9.17) is 0 Å². The molecule has 2 unspecified atom stereocenters. The standard InChI is InChI=1S/C14H19F3N2/c1-9-5-10(2)7-12(6-9)19-11-3-4-13(18-8-11)14(15,16)17/h3-4,8-10,12,19H,5-7H2,1-2H3. The summed E-state index contributed by atoms with van der Waals surface area (Å²) in [5.41, 5.74) is -0.178. The molecule has 0 amide bonds. The summed E-state index contributed by atoms with van der Waals surface area (Å²) < 4.78 is 37.2. The van der Waals surface area contributed by atoms with Gasteiger partial charge >= 0.3 is 6.18 Å². The Morgan fingerprint density at radius 2 is 1.74 bits per heavy atom. The molecule has 1 saturated carbocycles. The first kappa shape index (κ1) is 14.2. The maximum Gasteiger partial charge on any atom is 0.433 e. The third kappa shape index (κ3) is 3.85. The molecule has 1 aromatic heterocycles. The number of hydrogen-bond donors (Lipinski definition) is 1. The van der Waals surface area contributed by atoms with Gasteiger partial charge in [-0.15, -0.1) is 0 Å². The third-order valence-electron chi connectivity index (χ3n) is 3.60. The molecule has 1 aliphatic carbocycles. The second-order valence-electron chi connectivity index (χ2n) is 5.69. The summed E-state index contributed by atoms with van der Waals surface area (Å²) in [6.07, 6.45) is 0.249. The number of halogens is 3. The van der Waals surface area contributed by atoms with E-state index in [1.165, 1.54) is 18.7 Å². The third-order valence-corrected chi connectivity index (χ3v) is 3.60. The second-order valence-corrected chi connectivity index (χ2v) is 5.69. The molecular weight excluding hydrogens is 253 g/mol. The van der Waals surface area contributed by atoms with Gasteiger partial charge in [0.05, 0.1) is 11.9 Å². The Bertz CT molecular complexity index is 404. The van der Waals surface area contributed by atoms with Crippen LogP contribution in [0.4, 0.5) is 18.9 Å². The fraction of sp³-hybridized carbons (Fsp3) is 0.643. The quantitative estimate of drug-likeness (QED) is 0.866. The molecule has 2 rings (SSSR count). The molecule has 1 fully saturated rings. The van der Waals surface area contributed by atoms with Crippen LogP contribution in [0.15, 0.2) is 18.3 Å². The van der Waals surface area contributed by atoms with Crippen molar-refractivity contribution in [3.63, 3.8) is 0 Å². The molecule has 5 heteroatoms. The molecule has 2 nitrogen and oxygen atoms in total. The number of nitrogens with one attached hydrogen (secondary N) is 1. The van der Waals surface area contributed by atoms with E-state index in [0.717, 1.165) is 18.9 Å². The van der Waals surface area contributed by atoms with E-state index in [1.807, 2.05) is 0 Å². The Balaban J connectivity index is 1.99.